The fourth-order valence-corrected chi connectivity index (χ4v) is 9.55. The van der Waals surface area contributed by atoms with Crippen LogP contribution in [-0.4, -0.2) is 242 Å². The summed E-state index contributed by atoms with van der Waals surface area (Å²) in [5.74, 6) is -2.17. The van der Waals surface area contributed by atoms with Crippen molar-refractivity contribution >= 4 is 72.3 Å². The van der Waals surface area contributed by atoms with Crippen LogP contribution in [-0.2, 0) is 47.6 Å². The average molecular weight is 1450 g/mol. The molecular formula is C72H126N12O18. The summed E-state index contributed by atoms with van der Waals surface area (Å²) in [5.41, 5.74) is -1.65. The molecule has 582 valence electrons. The van der Waals surface area contributed by atoms with Crippen LogP contribution in [0.2, 0.25) is 0 Å². The smallest absolute Gasteiger partial charge is 0.417 e. The molecule has 0 heterocycles. The number of hydrogen-bond acceptors (Lipinski definition) is 18. The Balaban J connectivity index is 5.93. The number of carbonyl (C=O) groups excluding carboxylic acids is 12. The minimum atomic E-state index is -0.913. The molecule has 0 aromatic rings. The summed E-state index contributed by atoms with van der Waals surface area (Å²) in [6.45, 7) is 42.2. The molecule has 0 saturated carbocycles. The van der Waals surface area contributed by atoms with Gasteiger partial charge in [-0.25, -0.2) is 67.3 Å². The van der Waals surface area contributed by atoms with Crippen LogP contribution in [0.15, 0.2) is 49.6 Å². The molecule has 0 atom stereocenters. The number of esters is 4. The van der Waals surface area contributed by atoms with Crippen molar-refractivity contribution in [3.8, 4) is 0 Å². The molecule has 0 aliphatic carbocycles. The van der Waals surface area contributed by atoms with Crippen molar-refractivity contribution in [3.05, 3.63) is 49.6 Å². The maximum absolute atomic E-state index is 13.7. The van der Waals surface area contributed by atoms with E-state index in [1.165, 1.54) is 0 Å². The Morgan fingerprint density at radius 2 is 0.539 bits per heavy atom. The molecule has 30 heteroatoms. The third kappa shape index (κ3) is 42.6. The molecule has 0 unspecified atom stereocenters. The number of unbranched alkanes of at least 4 members (excludes halogenated alkanes) is 9. The van der Waals surface area contributed by atoms with Crippen LogP contribution < -0.4 is 31.9 Å². The summed E-state index contributed by atoms with van der Waals surface area (Å²) < 4.78 is 31.7. The number of amides is 14. The van der Waals surface area contributed by atoms with E-state index in [0.717, 1.165) is 28.4 Å². The molecule has 0 radical (unpaired) electrons. The zero-order chi connectivity index (χ0) is 77.5. The van der Waals surface area contributed by atoms with Gasteiger partial charge in [-0.3, -0.25) is 0 Å². The van der Waals surface area contributed by atoms with E-state index in [0.29, 0.717) is 116 Å². The molecule has 102 heavy (non-hydrogen) atoms. The first-order chi connectivity index (χ1) is 47.8. The quantitative estimate of drug-likeness (QED) is 0.0143. The summed E-state index contributed by atoms with van der Waals surface area (Å²) in [6, 6.07) is -2.63. The highest BCUT2D eigenvalue weighted by Crippen LogP contribution is 2.18. The molecule has 0 spiro atoms. The van der Waals surface area contributed by atoms with Gasteiger partial charge in [-0.15, -0.1) is 0 Å². The second kappa shape index (κ2) is 50.7. The van der Waals surface area contributed by atoms with Gasteiger partial charge in [0.15, 0.2) is 0 Å². The van der Waals surface area contributed by atoms with Gasteiger partial charge < -0.3 is 79.9 Å². The third-order valence-electron chi connectivity index (χ3n) is 15.3. The van der Waals surface area contributed by atoms with Crippen molar-refractivity contribution in [2.24, 2.45) is 0 Å². The van der Waals surface area contributed by atoms with Gasteiger partial charge in [0.2, 0.25) is 0 Å². The van der Waals surface area contributed by atoms with E-state index >= 15 is 0 Å². The molecule has 0 aliphatic heterocycles. The maximum Gasteiger partial charge on any atom is 0.417 e. The van der Waals surface area contributed by atoms with Gasteiger partial charge in [0, 0.05) is 111 Å². The van der Waals surface area contributed by atoms with Crippen LogP contribution in [0.1, 0.15) is 200 Å². The van der Waals surface area contributed by atoms with Crippen molar-refractivity contribution in [2.45, 2.75) is 222 Å². The van der Waals surface area contributed by atoms with Gasteiger partial charge in [0.05, 0.1) is 39.5 Å². The highest BCUT2D eigenvalue weighted by atomic mass is 16.6. The van der Waals surface area contributed by atoms with E-state index < -0.39 is 70.3 Å². The summed E-state index contributed by atoms with van der Waals surface area (Å²) in [4.78, 5) is 163. The Morgan fingerprint density at radius 3 is 0.863 bits per heavy atom. The van der Waals surface area contributed by atoms with E-state index in [4.69, 9.17) is 28.4 Å². The number of rotatable bonds is 47. The lowest BCUT2D eigenvalue weighted by molar-refractivity contribution is -0.140. The van der Waals surface area contributed by atoms with E-state index in [9.17, 15) is 57.5 Å². The number of urea groups is 6. The Kier molecular flexibility index (Phi) is 46.4. The second-order valence-corrected chi connectivity index (χ2v) is 28.4. The SMILES string of the molecule is C=CC(=O)OCCCN(C(=O)NCCCCN(C(=O)NCCCCCCNC(=O)N(CCOC(=O)C(=C)C)C(C)(C)C)C(=O)OCCCCOC(=O)N(CCCCCCNC(=O)N(CCOC(=O)C=C)C(C)(C)C)C(=O)NCCCCNC(=O)N(CCCOC(=O)C(=C)C)C(C)(C)C)C(C)(C)C. The summed E-state index contributed by atoms with van der Waals surface area (Å²) in [6.07, 6.45) is 8.08. The first-order valence-electron chi connectivity index (χ1n) is 35.7. The topological polar surface area (TPSA) is 352 Å². The fourth-order valence-electron chi connectivity index (χ4n) is 9.55. The largest absolute Gasteiger partial charge is 0.462 e. The van der Waals surface area contributed by atoms with E-state index in [1.54, 1.807) is 33.4 Å². The minimum Gasteiger partial charge on any atom is -0.462 e. The number of nitrogens with zero attached hydrogens (tertiary/aromatic N) is 6. The average Bonchev–Trinajstić information content (AvgIpc) is 0.883. The summed E-state index contributed by atoms with van der Waals surface area (Å²) >= 11 is 0. The third-order valence-corrected chi connectivity index (χ3v) is 15.3. The van der Waals surface area contributed by atoms with Crippen LogP contribution in [0.3, 0.4) is 0 Å². The molecule has 0 fully saturated rings. The molecule has 0 aliphatic rings. The van der Waals surface area contributed by atoms with Crippen LogP contribution in [0.25, 0.3) is 0 Å². The second-order valence-electron chi connectivity index (χ2n) is 28.4. The van der Waals surface area contributed by atoms with Crippen molar-refractivity contribution < 1.29 is 86.0 Å². The van der Waals surface area contributed by atoms with Gasteiger partial charge in [0.25, 0.3) is 0 Å². The van der Waals surface area contributed by atoms with Gasteiger partial charge in [-0.05, 0) is 174 Å². The van der Waals surface area contributed by atoms with Crippen molar-refractivity contribution in [1.82, 2.24) is 61.3 Å². The predicted molar refractivity (Wildman–Crippen MR) is 390 cm³/mol. The Morgan fingerprint density at radius 1 is 0.294 bits per heavy atom. The maximum atomic E-state index is 13.7. The Bertz CT molecular complexity index is 2680. The molecule has 14 amide bonds. The summed E-state index contributed by atoms with van der Waals surface area (Å²) in [7, 11) is 0. The zero-order valence-corrected chi connectivity index (χ0v) is 64.1. The van der Waals surface area contributed by atoms with Crippen LogP contribution in [0, 0.1) is 0 Å². The van der Waals surface area contributed by atoms with Gasteiger partial charge in [0.1, 0.15) is 13.2 Å². The molecule has 30 nitrogen and oxygen atoms in total. The first-order valence-corrected chi connectivity index (χ1v) is 35.7. The van der Waals surface area contributed by atoms with Crippen LogP contribution in [0.4, 0.5) is 38.4 Å². The van der Waals surface area contributed by atoms with Crippen molar-refractivity contribution in [1.29, 1.82) is 0 Å². The zero-order valence-electron chi connectivity index (χ0n) is 64.1. The molecule has 0 aromatic heterocycles. The summed E-state index contributed by atoms with van der Waals surface area (Å²) in [5, 5.41) is 17.2. The van der Waals surface area contributed by atoms with Crippen LogP contribution >= 0.6 is 0 Å². The normalized spacial score (nSPS) is 11.2. The number of carbonyl (C=O) groups is 12. The number of nitrogens with one attached hydrogen (secondary N) is 6. The molecule has 0 bridgehead atoms. The minimum absolute atomic E-state index is 0.000564. The van der Waals surface area contributed by atoms with Gasteiger partial charge in [-0.1, -0.05) is 52.0 Å². The monoisotopic (exact) mass is 1450 g/mol. The standard InChI is InChI=1S/C72H126N12O18/c1-19-57(85)97-51-35-45-81(69(7,8)9)64(92)78-42-30-32-44-80(61(89)73-37-25-21-22-26-38-75-66(94)84(72(16,17)18)48-54-100-60(88)56(5)6)68(96)102-50-34-33-49-101-67(95)79(43-31-24-23-27-39-76-65(93)83(71(13,14)15)47-53-98-58(86)20-2)62(90)74-40-28-29-41-77-63(91)82(70(10,11)12)46-36-52-99-59(87)55(3)4/h19-20H,1-3,5,21-54H2,4,6-18H3,(H,73,89)(H,74,90)(H,75,94)(H,76,93)(H,77,91)(H,78,92). The fraction of sp³-hybridized carbons (Fsp3) is 0.722. The molecular weight excluding hydrogens is 1320 g/mol. The van der Waals surface area contributed by atoms with Crippen molar-refractivity contribution in [2.75, 3.05) is 118 Å². The number of ether oxygens (including phenoxy) is 6. The molecule has 6 N–H and O–H groups in total. The molecule has 0 aromatic carbocycles. The lowest BCUT2D eigenvalue weighted by Gasteiger charge is -2.35. The van der Waals surface area contributed by atoms with Gasteiger partial charge >= 0.3 is 72.3 Å². The predicted octanol–water partition coefficient (Wildman–Crippen LogP) is 10.5. The number of imide groups is 2. The lowest BCUT2D eigenvalue weighted by atomic mass is 10.1. The van der Waals surface area contributed by atoms with E-state index in [-0.39, 0.29) is 134 Å². The van der Waals surface area contributed by atoms with E-state index in [1.807, 2.05) is 83.1 Å². The Hall–Kier alpha value is -8.60. The molecule has 0 saturated heterocycles. The Labute approximate surface area is 606 Å². The highest BCUT2D eigenvalue weighted by molar-refractivity contribution is 5.92. The van der Waals surface area contributed by atoms with Crippen LogP contribution in [0.5, 0.6) is 0 Å². The van der Waals surface area contributed by atoms with E-state index in [2.05, 4.69) is 58.2 Å². The molecule has 0 rings (SSSR count). The lowest BCUT2D eigenvalue weighted by Crippen LogP contribution is -2.51. The van der Waals surface area contributed by atoms with Crippen molar-refractivity contribution in [3.63, 3.8) is 0 Å². The highest BCUT2D eigenvalue weighted by Gasteiger charge is 2.31. The first kappa shape index (κ1) is 93.4. The number of hydrogen-bond donors (Lipinski definition) is 6. The van der Waals surface area contributed by atoms with Gasteiger partial charge in [-0.2, -0.15) is 0 Å².